The largest absolute Gasteiger partial charge is 0.466 e. The van der Waals surface area contributed by atoms with Gasteiger partial charge in [0.05, 0.1) is 22.3 Å². The van der Waals surface area contributed by atoms with Gasteiger partial charge in [0.2, 0.25) is 0 Å². The summed E-state index contributed by atoms with van der Waals surface area (Å²) in [5, 5.41) is 9.83. The first-order valence-electron chi connectivity index (χ1n) is 3.90. The minimum Gasteiger partial charge on any atom is -0.466 e. The zero-order valence-electron chi connectivity index (χ0n) is 7.10. The Kier molecular flexibility index (Phi) is 2.16. The van der Waals surface area contributed by atoms with Crippen molar-refractivity contribution in [1.82, 2.24) is 4.98 Å². The first kappa shape index (κ1) is 8.47. The van der Waals surface area contributed by atoms with Crippen LogP contribution < -0.4 is 0 Å². The van der Waals surface area contributed by atoms with Crippen molar-refractivity contribution in [3.8, 4) is 0 Å². The van der Waals surface area contributed by atoms with Gasteiger partial charge in [-0.3, -0.25) is 0 Å². The maximum Gasteiger partial charge on any atom is 0.148 e. The molecule has 0 spiro atoms. The Morgan fingerprint density at radius 2 is 2.46 bits per heavy atom. The molecule has 0 saturated heterocycles. The van der Waals surface area contributed by atoms with Crippen LogP contribution in [0.1, 0.15) is 22.4 Å². The Labute approximate surface area is 79.7 Å². The number of rotatable bonds is 2. The van der Waals surface area contributed by atoms with E-state index in [1.165, 1.54) is 11.3 Å². The molecule has 0 aliphatic heterocycles. The van der Waals surface area contributed by atoms with Gasteiger partial charge in [-0.2, -0.15) is 0 Å². The summed E-state index contributed by atoms with van der Waals surface area (Å²) in [6, 6.07) is 3.51. The molecule has 3 nitrogen and oxygen atoms in total. The molecule has 0 aromatic carbocycles. The number of hydrogen-bond acceptors (Lipinski definition) is 4. The number of nitrogens with zero attached hydrogens (tertiary/aromatic N) is 1. The highest BCUT2D eigenvalue weighted by Gasteiger charge is 2.17. The lowest BCUT2D eigenvalue weighted by molar-refractivity contribution is 0.192. The molecule has 68 valence electrons. The molecular formula is C9H9NO2S. The maximum atomic E-state index is 9.83. The summed E-state index contributed by atoms with van der Waals surface area (Å²) in [6.45, 7) is 1.87. The van der Waals surface area contributed by atoms with Gasteiger partial charge in [0.25, 0.3) is 0 Å². The summed E-state index contributed by atoms with van der Waals surface area (Å²) in [5.74, 6) is 0.562. The van der Waals surface area contributed by atoms with Gasteiger partial charge in [0, 0.05) is 0 Å². The van der Waals surface area contributed by atoms with E-state index in [1.807, 2.05) is 6.92 Å². The van der Waals surface area contributed by atoms with Crippen LogP contribution in [-0.2, 0) is 0 Å². The van der Waals surface area contributed by atoms with Crippen molar-refractivity contribution in [2.75, 3.05) is 0 Å². The quantitative estimate of drug-likeness (QED) is 0.798. The summed E-state index contributed by atoms with van der Waals surface area (Å²) in [7, 11) is 0. The number of hydrogen-bond donors (Lipinski definition) is 1. The van der Waals surface area contributed by atoms with Crippen molar-refractivity contribution < 1.29 is 9.52 Å². The normalized spacial score (nSPS) is 13.1. The summed E-state index contributed by atoms with van der Waals surface area (Å²) in [4.78, 5) is 4.91. The van der Waals surface area contributed by atoms with E-state index in [1.54, 1.807) is 23.9 Å². The highest BCUT2D eigenvalue weighted by atomic mass is 32.1. The van der Waals surface area contributed by atoms with Crippen LogP contribution in [0.15, 0.2) is 28.3 Å². The van der Waals surface area contributed by atoms with E-state index >= 15 is 0 Å². The zero-order valence-corrected chi connectivity index (χ0v) is 7.91. The van der Waals surface area contributed by atoms with Crippen molar-refractivity contribution in [1.29, 1.82) is 0 Å². The third-order valence-electron chi connectivity index (χ3n) is 1.84. The first-order valence-corrected chi connectivity index (χ1v) is 4.78. The van der Waals surface area contributed by atoms with Gasteiger partial charge in [0.15, 0.2) is 0 Å². The average molecular weight is 195 g/mol. The monoisotopic (exact) mass is 195 g/mol. The summed E-state index contributed by atoms with van der Waals surface area (Å²) >= 11 is 1.43. The van der Waals surface area contributed by atoms with Crippen molar-refractivity contribution in [3.63, 3.8) is 0 Å². The van der Waals surface area contributed by atoms with E-state index in [9.17, 15) is 5.11 Å². The smallest absolute Gasteiger partial charge is 0.148 e. The third kappa shape index (κ3) is 1.50. The third-order valence-corrected chi connectivity index (χ3v) is 2.83. The van der Waals surface area contributed by atoms with E-state index < -0.39 is 6.10 Å². The van der Waals surface area contributed by atoms with Gasteiger partial charge in [-0.15, -0.1) is 11.3 Å². The van der Waals surface area contributed by atoms with E-state index in [4.69, 9.17) is 4.42 Å². The molecule has 2 rings (SSSR count). The molecule has 2 heterocycles. The van der Waals surface area contributed by atoms with Crippen molar-refractivity contribution >= 4 is 11.3 Å². The Bertz CT molecular complexity index is 380. The Morgan fingerprint density at radius 3 is 3.00 bits per heavy atom. The number of aliphatic hydroxyl groups excluding tert-OH is 1. The Morgan fingerprint density at radius 1 is 1.62 bits per heavy atom. The highest BCUT2D eigenvalue weighted by molar-refractivity contribution is 7.09. The van der Waals surface area contributed by atoms with Gasteiger partial charge < -0.3 is 9.52 Å². The van der Waals surface area contributed by atoms with Crippen LogP contribution in [-0.4, -0.2) is 10.1 Å². The van der Waals surface area contributed by atoms with E-state index in [0.717, 1.165) is 10.6 Å². The van der Waals surface area contributed by atoms with Crippen LogP contribution in [0.5, 0.6) is 0 Å². The van der Waals surface area contributed by atoms with Crippen molar-refractivity contribution in [3.05, 3.63) is 40.2 Å². The van der Waals surface area contributed by atoms with E-state index in [0.29, 0.717) is 5.76 Å². The minimum absolute atomic E-state index is 0.562. The van der Waals surface area contributed by atoms with Crippen LogP contribution in [0.25, 0.3) is 0 Å². The first-order chi connectivity index (χ1) is 6.29. The van der Waals surface area contributed by atoms with E-state index in [-0.39, 0.29) is 0 Å². The van der Waals surface area contributed by atoms with Gasteiger partial charge in [0.1, 0.15) is 11.9 Å². The summed E-state index contributed by atoms with van der Waals surface area (Å²) < 4.78 is 5.10. The molecule has 0 bridgehead atoms. The van der Waals surface area contributed by atoms with Crippen LogP contribution in [0, 0.1) is 6.92 Å². The van der Waals surface area contributed by atoms with Gasteiger partial charge in [-0.05, 0) is 19.1 Å². The molecule has 2 aromatic heterocycles. The maximum absolute atomic E-state index is 9.83. The molecule has 1 atom stereocenters. The molecule has 0 amide bonds. The fraction of sp³-hybridized carbons (Fsp3) is 0.222. The van der Waals surface area contributed by atoms with Gasteiger partial charge in [-0.1, -0.05) is 0 Å². The van der Waals surface area contributed by atoms with Gasteiger partial charge >= 0.3 is 0 Å². The topological polar surface area (TPSA) is 46.3 Å². The molecule has 0 saturated carbocycles. The summed E-state index contributed by atoms with van der Waals surface area (Å²) in [5.41, 5.74) is 2.57. The molecule has 13 heavy (non-hydrogen) atoms. The molecule has 4 heteroatoms. The van der Waals surface area contributed by atoms with Crippen molar-refractivity contribution in [2.45, 2.75) is 13.0 Å². The van der Waals surface area contributed by atoms with Crippen molar-refractivity contribution in [2.24, 2.45) is 0 Å². The standard InChI is InChI=1S/C9H9NO2S/c1-6-9(13-5-10-6)8(11)7-3-2-4-12-7/h2-5,8,11H,1H3. The van der Waals surface area contributed by atoms with Gasteiger partial charge in [-0.25, -0.2) is 4.98 Å². The molecule has 0 radical (unpaired) electrons. The second kappa shape index (κ2) is 3.32. The average Bonchev–Trinajstić information content (AvgIpc) is 2.72. The number of aromatic nitrogens is 1. The lowest BCUT2D eigenvalue weighted by Crippen LogP contribution is -1.96. The predicted molar refractivity (Wildman–Crippen MR) is 49.6 cm³/mol. The summed E-state index contributed by atoms with van der Waals surface area (Å²) in [6.07, 6.45) is 0.872. The van der Waals surface area contributed by atoms with Crippen LogP contribution in [0.2, 0.25) is 0 Å². The number of thiazole rings is 1. The van der Waals surface area contributed by atoms with E-state index in [2.05, 4.69) is 4.98 Å². The van der Waals surface area contributed by atoms with Crippen LogP contribution >= 0.6 is 11.3 Å². The Balaban J connectivity index is 2.33. The number of aryl methyl sites for hydroxylation is 1. The fourth-order valence-electron chi connectivity index (χ4n) is 1.15. The SMILES string of the molecule is Cc1ncsc1C(O)c1ccco1. The highest BCUT2D eigenvalue weighted by Crippen LogP contribution is 2.27. The molecule has 2 aromatic rings. The molecule has 1 unspecified atom stereocenters. The fourth-order valence-corrected chi connectivity index (χ4v) is 1.94. The lowest BCUT2D eigenvalue weighted by atomic mass is 10.2. The molecule has 0 aliphatic rings. The predicted octanol–water partition coefficient (Wildman–Crippen LogP) is 2.13. The number of furan rings is 1. The van der Waals surface area contributed by atoms with Crippen LogP contribution in [0.3, 0.4) is 0 Å². The molecule has 1 N–H and O–H groups in total. The van der Waals surface area contributed by atoms with Crippen LogP contribution in [0.4, 0.5) is 0 Å². The minimum atomic E-state index is -0.678. The zero-order chi connectivity index (χ0) is 9.26. The second-order valence-electron chi connectivity index (χ2n) is 2.72. The second-order valence-corrected chi connectivity index (χ2v) is 3.61. The molecule has 0 aliphatic carbocycles. The Hall–Kier alpha value is -1.13. The molecule has 0 fully saturated rings. The number of aliphatic hydroxyl groups is 1. The lowest BCUT2D eigenvalue weighted by Gasteiger charge is -2.04. The molecular weight excluding hydrogens is 186 g/mol.